The smallest absolute Gasteiger partial charge is 0.387 e. The second kappa shape index (κ2) is 9.35. The normalized spacial score (nSPS) is 12.1. The van der Waals surface area contributed by atoms with E-state index in [2.05, 4.69) is 25.7 Å². The highest BCUT2D eigenvalue weighted by Crippen LogP contribution is 2.34. The summed E-state index contributed by atoms with van der Waals surface area (Å²) >= 11 is 3.15. The zero-order valence-corrected chi connectivity index (χ0v) is 16.9. The third-order valence-electron chi connectivity index (χ3n) is 3.97. The summed E-state index contributed by atoms with van der Waals surface area (Å²) in [4.78, 5) is 15.4. The van der Waals surface area contributed by atoms with E-state index in [1.807, 2.05) is 0 Å². The van der Waals surface area contributed by atoms with E-state index in [0.29, 0.717) is 5.56 Å². The summed E-state index contributed by atoms with van der Waals surface area (Å²) in [7, 11) is 0. The second-order valence-corrected chi connectivity index (χ2v) is 6.69. The molecule has 0 aliphatic heterocycles. The van der Waals surface area contributed by atoms with Gasteiger partial charge in [-0.05, 0) is 52.3 Å². The zero-order valence-electron chi connectivity index (χ0n) is 15.3. The Morgan fingerprint density at radius 3 is 2.42 bits per heavy atom. The fourth-order valence-corrected chi connectivity index (χ4v) is 3.08. The van der Waals surface area contributed by atoms with Crippen LogP contribution in [0.2, 0.25) is 0 Å². The fourth-order valence-electron chi connectivity index (χ4n) is 2.60. The number of halogens is 5. The summed E-state index contributed by atoms with van der Waals surface area (Å²) in [5.41, 5.74) is 4.66. The Balaban J connectivity index is 1.88. The summed E-state index contributed by atoms with van der Waals surface area (Å²) in [5.74, 6) is -4.64. The number of rotatable bonds is 8. The minimum atomic E-state index is -2.97. The van der Waals surface area contributed by atoms with Crippen molar-refractivity contribution in [3.63, 3.8) is 0 Å². The number of benzene rings is 2. The standard InChI is InChI=1S/C19H13BrF4N2O5/c20-16-15(8-1-3-9(4-2-8)29-19(23)24)26-18(31-16)12(7-27)30-11-6-5-10(21)13(14(11)22)17(25)28/h1-6,12,19,27H,7H2,(H2,25,28). The van der Waals surface area contributed by atoms with E-state index < -0.39 is 48.2 Å². The number of hydrogen-bond acceptors (Lipinski definition) is 6. The lowest BCUT2D eigenvalue weighted by atomic mass is 10.1. The molecule has 1 atom stereocenters. The van der Waals surface area contributed by atoms with Gasteiger partial charge in [0.05, 0.1) is 6.61 Å². The van der Waals surface area contributed by atoms with Gasteiger partial charge in [0.15, 0.2) is 22.3 Å². The highest BCUT2D eigenvalue weighted by atomic mass is 79.9. The maximum absolute atomic E-state index is 14.4. The third-order valence-corrected chi connectivity index (χ3v) is 4.51. The molecule has 0 saturated heterocycles. The predicted molar refractivity (Wildman–Crippen MR) is 102 cm³/mol. The lowest BCUT2D eigenvalue weighted by Gasteiger charge is -2.15. The fraction of sp³-hybridized carbons (Fsp3) is 0.158. The van der Waals surface area contributed by atoms with Gasteiger partial charge in [0.2, 0.25) is 5.89 Å². The average molecular weight is 505 g/mol. The zero-order chi connectivity index (χ0) is 22.7. The van der Waals surface area contributed by atoms with Gasteiger partial charge in [0.25, 0.3) is 5.91 Å². The van der Waals surface area contributed by atoms with Gasteiger partial charge in [-0.15, -0.1) is 0 Å². The minimum Gasteiger partial charge on any atom is -0.475 e. The van der Waals surface area contributed by atoms with Crippen LogP contribution >= 0.6 is 15.9 Å². The quantitative estimate of drug-likeness (QED) is 0.445. The van der Waals surface area contributed by atoms with E-state index in [1.54, 1.807) is 0 Å². The number of carbonyl (C=O) groups is 1. The molecule has 31 heavy (non-hydrogen) atoms. The van der Waals surface area contributed by atoms with Crippen LogP contribution in [0.3, 0.4) is 0 Å². The molecule has 0 saturated carbocycles. The van der Waals surface area contributed by atoms with E-state index in [9.17, 15) is 27.5 Å². The monoisotopic (exact) mass is 504 g/mol. The number of oxazole rings is 1. The highest BCUT2D eigenvalue weighted by Gasteiger charge is 2.26. The molecule has 0 radical (unpaired) electrons. The molecule has 2 aromatic carbocycles. The van der Waals surface area contributed by atoms with Crippen LogP contribution in [0.25, 0.3) is 11.3 Å². The molecule has 3 rings (SSSR count). The van der Waals surface area contributed by atoms with Crippen molar-refractivity contribution in [3.05, 3.63) is 64.2 Å². The van der Waals surface area contributed by atoms with Gasteiger partial charge in [-0.25, -0.2) is 13.8 Å². The SMILES string of the molecule is NC(=O)c1c(F)ccc(OC(CO)c2nc(-c3ccc(OC(F)F)cc3)c(Br)o2)c1F. The number of nitrogens with two attached hydrogens (primary N) is 1. The molecule has 7 nitrogen and oxygen atoms in total. The van der Waals surface area contributed by atoms with Crippen molar-refractivity contribution in [1.82, 2.24) is 4.98 Å². The topological polar surface area (TPSA) is 108 Å². The number of carbonyl (C=O) groups excluding carboxylic acids is 1. The number of ether oxygens (including phenoxy) is 2. The molecule has 3 aromatic rings. The largest absolute Gasteiger partial charge is 0.475 e. The number of aliphatic hydroxyl groups excluding tert-OH is 1. The highest BCUT2D eigenvalue weighted by molar-refractivity contribution is 9.10. The van der Waals surface area contributed by atoms with Crippen molar-refractivity contribution >= 4 is 21.8 Å². The first-order valence-corrected chi connectivity index (χ1v) is 9.27. The van der Waals surface area contributed by atoms with Crippen LogP contribution in [0.4, 0.5) is 17.6 Å². The Hall–Kier alpha value is -3.12. The molecule has 3 N–H and O–H groups in total. The van der Waals surface area contributed by atoms with Crippen LogP contribution in [0.5, 0.6) is 11.5 Å². The number of primary amides is 1. The number of nitrogens with zero attached hydrogens (tertiary/aromatic N) is 1. The lowest BCUT2D eigenvalue weighted by molar-refractivity contribution is -0.0498. The molecule has 0 bridgehead atoms. The van der Waals surface area contributed by atoms with Gasteiger partial charge in [-0.1, -0.05) is 0 Å². The van der Waals surface area contributed by atoms with Crippen molar-refractivity contribution in [2.75, 3.05) is 6.61 Å². The van der Waals surface area contributed by atoms with Gasteiger partial charge in [0.1, 0.15) is 22.8 Å². The minimum absolute atomic E-state index is 0.0628. The molecular weight excluding hydrogens is 492 g/mol. The van der Waals surface area contributed by atoms with Crippen molar-refractivity contribution in [2.45, 2.75) is 12.7 Å². The maximum atomic E-state index is 14.4. The van der Waals surface area contributed by atoms with E-state index in [-0.39, 0.29) is 22.0 Å². The van der Waals surface area contributed by atoms with Crippen LogP contribution in [-0.2, 0) is 0 Å². The Kier molecular flexibility index (Phi) is 6.81. The van der Waals surface area contributed by atoms with Crippen LogP contribution < -0.4 is 15.2 Å². The van der Waals surface area contributed by atoms with Gasteiger partial charge in [0, 0.05) is 5.56 Å². The number of hydrogen-bond donors (Lipinski definition) is 2. The molecule has 1 unspecified atom stereocenters. The van der Waals surface area contributed by atoms with Gasteiger partial charge < -0.3 is 24.7 Å². The van der Waals surface area contributed by atoms with Crippen LogP contribution in [0, 0.1) is 11.6 Å². The molecule has 164 valence electrons. The molecule has 12 heteroatoms. The summed E-state index contributed by atoms with van der Waals surface area (Å²) in [5, 5.41) is 9.64. The van der Waals surface area contributed by atoms with Crippen LogP contribution in [0.1, 0.15) is 22.4 Å². The number of aromatic nitrogens is 1. The molecule has 0 fully saturated rings. The van der Waals surface area contributed by atoms with Crippen LogP contribution in [0.15, 0.2) is 45.5 Å². The first-order valence-electron chi connectivity index (χ1n) is 8.48. The van der Waals surface area contributed by atoms with Crippen molar-refractivity contribution in [3.8, 4) is 22.8 Å². The third kappa shape index (κ3) is 4.97. The van der Waals surface area contributed by atoms with E-state index in [0.717, 1.165) is 12.1 Å². The molecule has 0 spiro atoms. The van der Waals surface area contributed by atoms with E-state index >= 15 is 0 Å². The lowest BCUT2D eigenvalue weighted by Crippen LogP contribution is -2.18. The number of alkyl halides is 2. The maximum Gasteiger partial charge on any atom is 0.387 e. The molecule has 0 aliphatic carbocycles. The summed E-state index contributed by atoms with van der Waals surface area (Å²) in [6, 6.07) is 7.17. The Bertz CT molecular complexity index is 1090. The van der Waals surface area contributed by atoms with Crippen molar-refractivity contribution in [2.24, 2.45) is 5.73 Å². The predicted octanol–water partition coefficient (Wildman–Crippen LogP) is 4.20. The second-order valence-electron chi connectivity index (χ2n) is 5.97. The molecule has 1 amide bonds. The average Bonchev–Trinajstić information content (AvgIpc) is 3.09. The Morgan fingerprint density at radius 1 is 1.16 bits per heavy atom. The van der Waals surface area contributed by atoms with Crippen molar-refractivity contribution < 1.29 is 41.4 Å². The Labute approximate surface area is 180 Å². The Morgan fingerprint density at radius 2 is 1.84 bits per heavy atom. The summed E-state index contributed by atoms with van der Waals surface area (Å²) in [6.45, 7) is -3.68. The summed E-state index contributed by atoms with van der Waals surface area (Å²) < 4.78 is 67.7. The molecule has 1 heterocycles. The number of amides is 1. The first kappa shape index (κ1) is 22.6. The van der Waals surface area contributed by atoms with Gasteiger partial charge >= 0.3 is 6.61 Å². The van der Waals surface area contributed by atoms with E-state index in [4.69, 9.17) is 14.9 Å². The molecule has 1 aromatic heterocycles. The van der Waals surface area contributed by atoms with Crippen molar-refractivity contribution in [1.29, 1.82) is 0 Å². The van der Waals surface area contributed by atoms with E-state index in [1.165, 1.54) is 24.3 Å². The van der Waals surface area contributed by atoms with Gasteiger partial charge in [-0.2, -0.15) is 8.78 Å². The molecule has 0 aliphatic rings. The summed E-state index contributed by atoms with van der Waals surface area (Å²) in [6.07, 6.45) is -1.33. The van der Waals surface area contributed by atoms with Crippen LogP contribution in [-0.4, -0.2) is 29.2 Å². The molecular formula is C19H13BrF4N2O5. The first-order chi connectivity index (χ1) is 14.7. The number of aliphatic hydroxyl groups is 1. The van der Waals surface area contributed by atoms with Gasteiger partial charge in [-0.3, -0.25) is 4.79 Å².